The zero-order chi connectivity index (χ0) is 13.9. The summed E-state index contributed by atoms with van der Waals surface area (Å²) in [6.07, 6.45) is 3.46. The number of pyridine rings is 1. The molecule has 2 rings (SSSR count). The van der Waals surface area contributed by atoms with E-state index >= 15 is 0 Å². The van der Waals surface area contributed by atoms with Crippen LogP contribution in [0.25, 0.3) is 0 Å². The summed E-state index contributed by atoms with van der Waals surface area (Å²) in [6, 6.07) is 8.78. The molecule has 19 heavy (non-hydrogen) atoms. The first-order valence-electron chi connectivity index (χ1n) is 5.73. The fourth-order valence-corrected chi connectivity index (χ4v) is 2.62. The minimum atomic E-state index is -3.69. The fourth-order valence-electron chi connectivity index (χ4n) is 1.81. The lowest BCUT2D eigenvalue weighted by molar-refractivity contribution is 0.597. The predicted molar refractivity (Wildman–Crippen MR) is 74.1 cm³/mol. The molecule has 0 saturated heterocycles. The molecule has 0 aliphatic rings. The summed E-state index contributed by atoms with van der Waals surface area (Å²) >= 11 is 0. The van der Waals surface area contributed by atoms with E-state index in [0.29, 0.717) is 12.1 Å². The lowest BCUT2D eigenvalue weighted by Crippen LogP contribution is -2.14. The Bertz CT molecular complexity index is 670. The van der Waals surface area contributed by atoms with Gasteiger partial charge in [0.05, 0.1) is 4.90 Å². The maximum Gasteiger partial charge on any atom is 0.238 e. The van der Waals surface area contributed by atoms with Crippen molar-refractivity contribution in [2.45, 2.75) is 18.4 Å². The van der Waals surface area contributed by atoms with Crippen molar-refractivity contribution in [1.29, 1.82) is 0 Å². The normalized spacial score (nSPS) is 11.3. The van der Waals surface area contributed by atoms with Gasteiger partial charge in [0.2, 0.25) is 10.0 Å². The molecular weight excluding hydrogens is 262 g/mol. The molecule has 1 aromatic carbocycles. The number of primary sulfonamides is 1. The van der Waals surface area contributed by atoms with E-state index in [2.05, 4.69) is 10.3 Å². The molecule has 0 aliphatic carbocycles. The molecule has 3 N–H and O–H groups in total. The van der Waals surface area contributed by atoms with Gasteiger partial charge >= 0.3 is 0 Å². The topological polar surface area (TPSA) is 85.1 Å². The van der Waals surface area contributed by atoms with Gasteiger partial charge in [0.25, 0.3) is 0 Å². The standard InChI is InChI=1S/C13H15N3O2S/c1-10-12(5-2-6-13(10)19(14,17)18)16-9-11-4-3-7-15-8-11/h2-8,16H,9H2,1H3,(H2,14,17,18). The maximum absolute atomic E-state index is 11.4. The number of anilines is 1. The Hall–Kier alpha value is -1.92. The van der Waals surface area contributed by atoms with Gasteiger partial charge in [0, 0.05) is 24.6 Å². The Morgan fingerprint density at radius 3 is 2.68 bits per heavy atom. The predicted octanol–water partition coefficient (Wildman–Crippen LogP) is 1.65. The zero-order valence-electron chi connectivity index (χ0n) is 10.5. The van der Waals surface area contributed by atoms with E-state index < -0.39 is 10.0 Å². The molecule has 100 valence electrons. The molecule has 0 atom stereocenters. The van der Waals surface area contributed by atoms with Crippen molar-refractivity contribution in [1.82, 2.24) is 4.98 Å². The van der Waals surface area contributed by atoms with Gasteiger partial charge in [0.1, 0.15) is 0 Å². The molecule has 1 heterocycles. The van der Waals surface area contributed by atoms with Crippen LogP contribution in [-0.2, 0) is 16.6 Å². The minimum absolute atomic E-state index is 0.142. The SMILES string of the molecule is Cc1c(NCc2cccnc2)cccc1S(N)(=O)=O. The Balaban J connectivity index is 2.23. The van der Waals surface area contributed by atoms with Crippen LogP contribution < -0.4 is 10.5 Å². The van der Waals surface area contributed by atoms with Gasteiger partial charge in [-0.25, -0.2) is 13.6 Å². The second-order valence-corrected chi connectivity index (χ2v) is 5.72. The summed E-state index contributed by atoms with van der Waals surface area (Å²) in [6.45, 7) is 2.30. The molecule has 2 aromatic rings. The van der Waals surface area contributed by atoms with Gasteiger partial charge < -0.3 is 5.32 Å². The van der Waals surface area contributed by atoms with Crippen molar-refractivity contribution in [3.05, 3.63) is 53.9 Å². The molecule has 6 heteroatoms. The summed E-state index contributed by atoms with van der Waals surface area (Å²) in [5.41, 5.74) is 2.38. The highest BCUT2D eigenvalue weighted by Crippen LogP contribution is 2.22. The fraction of sp³-hybridized carbons (Fsp3) is 0.154. The van der Waals surface area contributed by atoms with Crippen LogP contribution in [0.1, 0.15) is 11.1 Å². The average Bonchev–Trinajstić information content (AvgIpc) is 2.37. The van der Waals surface area contributed by atoms with E-state index in [4.69, 9.17) is 5.14 Å². The van der Waals surface area contributed by atoms with Crippen molar-refractivity contribution in [2.24, 2.45) is 5.14 Å². The number of sulfonamides is 1. The first-order chi connectivity index (χ1) is 8.98. The summed E-state index contributed by atoms with van der Waals surface area (Å²) < 4.78 is 22.8. The number of rotatable bonds is 4. The van der Waals surface area contributed by atoms with Crippen molar-refractivity contribution < 1.29 is 8.42 Å². The van der Waals surface area contributed by atoms with Crippen LogP contribution in [0.3, 0.4) is 0 Å². The quantitative estimate of drug-likeness (QED) is 0.889. The lowest BCUT2D eigenvalue weighted by atomic mass is 10.2. The van der Waals surface area contributed by atoms with Gasteiger partial charge in [-0.3, -0.25) is 4.98 Å². The molecule has 1 aromatic heterocycles. The number of nitrogens with zero attached hydrogens (tertiary/aromatic N) is 1. The first kappa shape index (κ1) is 13.5. The molecule has 0 amide bonds. The lowest BCUT2D eigenvalue weighted by Gasteiger charge is -2.12. The number of nitrogens with one attached hydrogen (secondary N) is 1. The zero-order valence-corrected chi connectivity index (χ0v) is 11.3. The average molecular weight is 277 g/mol. The first-order valence-corrected chi connectivity index (χ1v) is 7.28. The summed E-state index contributed by atoms with van der Waals surface area (Å²) in [5.74, 6) is 0. The van der Waals surface area contributed by atoms with Gasteiger partial charge in [0.15, 0.2) is 0 Å². The van der Waals surface area contributed by atoms with E-state index in [-0.39, 0.29) is 4.90 Å². The summed E-state index contributed by atoms with van der Waals surface area (Å²) in [4.78, 5) is 4.16. The number of hydrogen-bond acceptors (Lipinski definition) is 4. The molecular formula is C13H15N3O2S. The smallest absolute Gasteiger partial charge is 0.238 e. The molecule has 0 spiro atoms. The Labute approximate surface area is 112 Å². The molecule has 0 aliphatic heterocycles. The van der Waals surface area contributed by atoms with Gasteiger partial charge in [-0.1, -0.05) is 12.1 Å². The number of nitrogens with two attached hydrogens (primary N) is 1. The molecule has 5 nitrogen and oxygen atoms in total. The summed E-state index contributed by atoms with van der Waals surface area (Å²) in [7, 11) is -3.69. The van der Waals surface area contributed by atoms with Gasteiger partial charge in [-0.15, -0.1) is 0 Å². The minimum Gasteiger partial charge on any atom is -0.381 e. The number of hydrogen-bond donors (Lipinski definition) is 2. The Kier molecular flexibility index (Phi) is 3.82. The third-order valence-electron chi connectivity index (χ3n) is 2.80. The van der Waals surface area contributed by atoms with Gasteiger partial charge in [-0.2, -0.15) is 0 Å². The maximum atomic E-state index is 11.4. The van der Waals surface area contributed by atoms with Crippen LogP contribution in [0.2, 0.25) is 0 Å². The van der Waals surface area contributed by atoms with Crippen LogP contribution in [0.4, 0.5) is 5.69 Å². The summed E-state index contributed by atoms with van der Waals surface area (Å²) in [5, 5.41) is 8.35. The van der Waals surface area contributed by atoms with Crippen molar-refractivity contribution in [3.8, 4) is 0 Å². The molecule has 0 radical (unpaired) electrons. The molecule has 0 saturated carbocycles. The van der Waals surface area contributed by atoms with Gasteiger partial charge in [-0.05, 0) is 36.2 Å². The van der Waals surface area contributed by atoms with Crippen LogP contribution in [0.5, 0.6) is 0 Å². The monoisotopic (exact) mass is 277 g/mol. The Morgan fingerprint density at radius 1 is 1.26 bits per heavy atom. The van der Waals surface area contributed by atoms with Crippen molar-refractivity contribution in [2.75, 3.05) is 5.32 Å². The number of aromatic nitrogens is 1. The van der Waals surface area contributed by atoms with E-state index in [0.717, 1.165) is 11.3 Å². The van der Waals surface area contributed by atoms with E-state index in [1.807, 2.05) is 18.2 Å². The molecule has 0 fully saturated rings. The molecule has 0 bridgehead atoms. The number of benzene rings is 1. The largest absolute Gasteiger partial charge is 0.381 e. The van der Waals surface area contributed by atoms with E-state index in [1.54, 1.807) is 25.4 Å². The Morgan fingerprint density at radius 2 is 2.05 bits per heavy atom. The van der Waals surface area contributed by atoms with Crippen LogP contribution in [-0.4, -0.2) is 13.4 Å². The van der Waals surface area contributed by atoms with Crippen LogP contribution >= 0.6 is 0 Å². The molecule has 0 unspecified atom stereocenters. The third-order valence-corrected chi connectivity index (χ3v) is 3.85. The van der Waals surface area contributed by atoms with E-state index in [1.165, 1.54) is 6.07 Å². The van der Waals surface area contributed by atoms with Crippen LogP contribution in [0.15, 0.2) is 47.6 Å². The highest BCUT2D eigenvalue weighted by atomic mass is 32.2. The van der Waals surface area contributed by atoms with E-state index in [9.17, 15) is 8.42 Å². The highest BCUT2D eigenvalue weighted by molar-refractivity contribution is 7.89. The van der Waals surface area contributed by atoms with Crippen LogP contribution in [0, 0.1) is 6.92 Å². The highest BCUT2D eigenvalue weighted by Gasteiger charge is 2.13. The second kappa shape index (κ2) is 5.38. The van der Waals surface area contributed by atoms with Crippen molar-refractivity contribution >= 4 is 15.7 Å². The second-order valence-electron chi connectivity index (χ2n) is 4.19. The van der Waals surface area contributed by atoms with Crippen molar-refractivity contribution in [3.63, 3.8) is 0 Å². The third kappa shape index (κ3) is 3.30.